The van der Waals surface area contributed by atoms with E-state index in [-0.39, 0.29) is 13.2 Å². The van der Waals surface area contributed by atoms with Crippen LogP contribution in [-0.2, 0) is 20.5 Å². The maximum absolute atomic E-state index is 13.7. The van der Waals surface area contributed by atoms with Crippen LogP contribution in [0.2, 0.25) is 0 Å². The summed E-state index contributed by atoms with van der Waals surface area (Å²) < 4.78 is 43.0. The average Bonchev–Trinajstić information content (AvgIpc) is 2.58. The smallest absolute Gasteiger partial charge is 0.390 e. The van der Waals surface area contributed by atoms with Gasteiger partial charge in [-0.25, -0.2) is 0 Å². The van der Waals surface area contributed by atoms with Crippen LogP contribution < -0.4 is 5.48 Å². The first-order valence-electron chi connectivity index (χ1n) is 7.88. The normalized spacial score (nSPS) is 18.1. The first-order chi connectivity index (χ1) is 12.1. The molecule has 1 aromatic rings. The molecule has 0 radical (unpaired) electrons. The van der Waals surface area contributed by atoms with Crippen LogP contribution in [0.1, 0.15) is 18.9 Å². The van der Waals surface area contributed by atoms with Crippen LogP contribution >= 0.6 is 7.60 Å². The Hall–Kier alpha value is -0.970. The predicted octanol–water partition coefficient (Wildman–Crippen LogP) is 0.995. The van der Waals surface area contributed by atoms with Crippen molar-refractivity contribution in [3.05, 3.63) is 35.9 Å². The van der Waals surface area contributed by atoms with E-state index in [1.807, 2.05) is 6.07 Å². The molecule has 0 aliphatic rings. The summed E-state index contributed by atoms with van der Waals surface area (Å²) >= 11 is 0. The molecular weight excluding hydrogens is 375 g/mol. The van der Waals surface area contributed by atoms with E-state index in [0.29, 0.717) is 0 Å². The Bertz CT molecular complexity index is 578. The largest absolute Gasteiger partial charge is 0.397 e. The molecule has 5 N–H and O–H groups in total. The second-order valence-corrected chi connectivity index (χ2v) is 7.51. The van der Waals surface area contributed by atoms with Crippen molar-refractivity contribution < 1.29 is 42.9 Å². The molecule has 0 aliphatic heterocycles. The maximum Gasteiger partial charge on any atom is 0.397 e. The number of aliphatic hydroxyl groups is 3. The molecular formula is C15H24F2NO7P. The van der Waals surface area contributed by atoms with Crippen LogP contribution in [0.4, 0.5) is 8.78 Å². The fourth-order valence-corrected chi connectivity index (χ4v) is 2.94. The van der Waals surface area contributed by atoms with Gasteiger partial charge in [0, 0.05) is 6.54 Å². The van der Waals surface area contributed by atoms with Crippen molar-refractivity contribution in [2.24, 2.45) is 0 Å². The Balaban J connectivity index is 2.43. The first kappa shape index (κ1) is 23.1. The highest BCUT2D eigenvalue weighted by molar-refractivity contribution is 7.54. The molecule has 0 heterocycles. The summed E-state index contributed by atoms with van der Waals surface area (Å²) in [6.07, 6.45) is -7.35. The summed E-state index contributed by atoms with van der Waals surface area (Å²) in [6, 6.07) is 9.02. The summed E-state index contributed by atoms with van der Waals surface area (Å²) in [4.78, 5) is 14.2. The van der Waals surface area contributed by atoms with Gasteiger partial charge < -0.3 is 24.7 Å². The van der Waals surface area contributed by atoms with Gasteiger partial charge in [-0.15, -0.1) is 0 Å². The van der Waals surface area contributed by atoms with E-state index in [0.717, 1.165) is 5.56 Å². The summed E-state index contributed by atoms with van der Waals surface area (Å²) in [6.45, 7) is 0.633. The first-order valence-corrected chi connectivity index (χ1v) is 9.46. The van der Waals surface area contributed by atoms with Crippen LogP contribution in [0.25, 0.3) is 0 Å². The van der Waals surface area contributed by atoms with E-state index in [1.54, 1.807) is 24.3 Å². The molecule has 150 valence electrons. The molecule has 0 amide bonds. The second-order valence-electron chi connectivity index (χ2n) is 5.56. The molecule has 0 fully saturated rings. The molecule has 0 spiro atoms. The van der Waals surface area contributed by atoms with Gasteiger partial charge in [-0.05, 0) is 12.5 Å². The summed E-state index contributed by atoms with van der Waals surface area (Å²) in [5.74, 6) is 0. The lowest BCUT2D eigenvalue weighted by Gasteiger charge is -2.28. The molecule has 0 saturated carbocycles. The van der Waals surface area contributed by atoms with Crippen molar-refractivity contribution >= 4 is 7.60 Å². The fourth-order valence-electron chi connectivity index (χ4n) is 1.99. The van der Waals surface area contributed by atoms with E-state index in [4.69, 9.17) is 4.84 Å². The number of halogens is 2. The van der Waals surface area contributed by atoms with Gasteiger partial charge in [0.05, 0.1) is 31.8 Å². The third-order valence-corrected chi connectivity index (χ3v) is 5.05. The van der Waals surface area contributed by atoms with Gasteiger partial charge in [0.1, 0.15) is 6.10 Å². The van der Waals surface area contributed by atoms with Crippen molar-refractivity contribution in [3.63, 3.8) is 0 Å². The summed E-state index contributed by atoms with van der Waals surface area (Å²) in [5, 5.41) is 29.1. The summed E-state index contributed by atoms with van der Waals surface area (Å²) in [5.41, 5.74) is -1.09. The second kappa shape index (κ2) is 10.4. The van der Waals surface area contributed by atoms with Crippen LogP contribution in [0.3, 0.4) is 0 Å². The zero-order valence-electron chi connectivity index (χ0n) is 14.2. The number of benzene rings is 1. The number of nitrogens with one attached hydrogen (secondary N) is 1. The molecule has 26 heavy (non-hydrogen) atoms. The third kappa shape index (κ3) is 6.98. The minimum atomic E-state index is -5.31. The van der Waals surface area contributed by atoms with E-state index in [2.05, 4.69) is 10.0 Å². The van der Waals surface area contributed by atoms with E-state index < -0.39 is 44.6 Å². The molecule has 0 aliphatic carbocycles. The highest BCUT2D eigenvalue weighted by Crippen LogP contribution is 2.59. The fraction of sp³-hybridized carbons (Fsp3) is 0.600. The standard InChI is InChI=1S/C15H24F2NO7P/c1-2-25-26(22,23)15(16,17)8-12(19)14(21)13(20)9-18-24-10-11-6-4-3-5-7-11/h3-7,12-14,18-21H,2,8-10H2,1H3,(H,22,23)/t12-,13+,14-/m1/s1. The molecule has 1 aromatic carbocycles. The molecule has 4 atom stereocenters. The lowest BCUT2D eigenvalue weighted by molar-refractivity contribution is -0.100. The van der Waals surface area contributed by atoms with Crippen molar-refractivity contribution in [1.82, 2.24) is 5.48 Å². The van der Waals surface area contributed by atoms with E-state index in [9.17, 15) is 33.6 Å². The lowest BCUT2D eigenvalue weighted by atomic mass is 10.1. The van der Waals surface area contributed by atoms with Crippen LogP contribution in [0.5, 0.6) is 0 Å². The van der Waals surface area contributed by atoms with Gasteiger partial charge in [0.15, 0.2) is 0 Å². The third-order valence-electron chi connectivity index (χ3n) is 3.44. The van der Waals surface area contributed by atoms with Gasteiger partial charge in [-0.3, -0.25) is 9.40 Å². The minimum Gasteiger partial charge on any atom is -0.390 e. The zero-order chi connectivity index (χ0) is 19.8. The molecule has 1 unspecified atom stereocenters. The lowest BCUT2D eigenvalue weighted by Crippen LogP contribution is -2.45. The Morgan fingerprint density at radius 3 is 2.38 bits per heavy atom. The Kier molecular flexibility index (Phi) is 9.22. The topological polar surface area (TPSA) is 128 Å². The number of hydrogen-bond donors (Lipinski definition) is 5. The molecule has 0 aromatic heterocycles. The SMILES string of the molecule is CCOP(=O)(O)C(F)(F)C[C@@H](O)[C@@H](O)[C@@H](O)CNOCc1ccccc1. The van der Waals surface area contributed by atoms with Gasteiger partial charge >= 0.3 is 13.3 Å². The number of alkyl halides is 2. The van der Waals surface area contributed by atoms with Crippen molar-refractivity contribution in [3.8, 4) is 0 Å². The van der Waals surface area contributed by atoms with Gasteiger partial charge in [0.2, 0.25) is 0 Å². The summed E-state index contributed by atoms with van der Waals surface area (Å²) in [7, 11) is -5.31. The van der Waals surface area contributed by atoms with Gasteiger partial charge in [0.25, 0.3) is 0 Å². The van der Waals surface area contributed by atoms with Crippen LogP contribution in [-0.4, -0.2) is 57.3 Å². The molecule has 1 rings (SSSR count). The number of hydroxylamine groups is 1. The molecule has 0 bridgehead atoms. The van der Waals surface area contributed by atoms with Gasteiger partial charge in [-0.1, -0.05) is 30.3 Å². The Morgan fingerprint density at radius 2 is 1.81 bits per heavy atom. The quantitative estimate of drug-likeness (QED) is 0.200. The van der Waals surface area contributed by atoms with E-state index in [1.165, 1.54) is 6.92 Å². The van der Waals surface area contributed by atoms with Crippen molar-refractivity contribution in [2.75, 3.05) is 13.2 Å². The zero-order valence-corrected chi connectivity index (χ0v) is 15.1. The van der Waals surface area contributed by atoms with Crippen LogP contribution in [0.15, 0.2) is 30.3 Å². The highest BCUT2D eigenvalue weighted by atomic mass is 31.2. The number of aliphatic hydroxyl groups excluding tert-OH is 3. The predicted molar refractivity (Wildman–Crippen MR) is 88.3 cm³/mol. The number of hydrogen-bond acceptors (Lipinski definition) is 7. The monoisotopic (exact) mass is 399 g/mol. The molecule has 8 nitrogen and oxygen atoms in total. The van der Waals surface area contributed by atoms with Crippen molar-refractivity contribution in [1.29, 1.82) is 0 Å². The van der Waals surface area contributed by atoms with Crippen molar-refractivity contribution in [2.45, 2.75) is 43.9 Å². The highest BCUT2D eigenvalue weighted by Gasteiger charge is 2.53. The van der Waals surface area contributed by atoms with Gasteiger partial charge in [-0.2, -0.15) is 14.3 Å². The average molecular weight is 399 g/mol. The number of rotatable bonds is 12. The Morgan fingerprint density at radius 1 is 1.19 bits per heavy atom. The molecule has 11 heteroatoms. The maximum atomic E-state index is 13.7. The van der Waals surface area contributed by atoms with E-state index >= 15 is 0 Å². The Labute approximate surface area is 149 Å². The van der Waals surface area contributed by atoms with Crippen LogP contribution in [0, 0.1) is 0 Å². The minimum absolute atomic E-state index is 0.159. The molecule has 0 saturated heterocycles.